The van der Waals surface area contributed by atoms with Gasteiger partial charge in [0.2, 0.25) is 10.0 Å². The second-order valence-electron chi connectivity index (χ2n) is 5.31. The lowest BCUT2D eigenvalue weighted by molar-refractivity contribution is 0.408. The van der Waals surface area contributed by atoms with Gasteiger partial charge >= 0.3 is 0 Å². The molecule has 0 radical (unpaired) electrons. The van der Waals surface area contributed by atoms with Crippen LogP contribution < -0.4 is 5.32 Å². The minimum Gasteiger partial charge on any atom is -0.465 e. The second kappa shape index (κ2) is 6.74. The molecule has 0 aliphatic heterocycles. The van der Waals surface area contributed by atoms with Crippen LogP contribution in [0.2, 0.25) is 0 Å². The van der Waals surface area contributed by atoms with E-state index in [-0.39, 0.29) is 6.04 Å². The third kappa shape index (κ3) is 3.42. The summed E-state index contributed by atoms with van der Waals surface area (Å²) >= 11 is 0. The molecule has 1 N–H and O–H groups in total. The molecule has 0 aliphatic carbocycles. The zero-order chi connectivity index (χ0) is 15.5. The summed E-state index contributed by atoms with van der Waals surface area (Å²) in [6.45, 7) is 10.7. The quantitative estimate of drug-likeness (QED) is 0.786. The molecule has 0 saturated carbocycles. The summed E-state index contributed by atoms with van der Waals surface area (Å²) in [5, 5.41) is 3.24. The number of rotatable bonds is 7. The molecule has 1 heterocycles. The van der Waals surface area contributed by atoms with Gasteiger partial charge in [-0.1, -0.05) is 6.92 Å². The highest BCUT2D eigenvalue weighted by Gasteiger charge is 2.31. The van der Waals surface area contributed by atoms with Gasteiger partial charge in [0.15, 0.2) is 0 Å². The van der Waals surface area contributed by atoms with Gasteiger partial charge < -0.3 is 9.73 Å². The first-order valence-electron chi connectivity index (χ1n) is 7.01. The molecule has 6 heteroatoms. The number of hydrogen-bond donors (Lipinski definition) is 1. The van der Waals surface area contributed by atoms with E-state index in [2.05, 4.69) is 12.2 Å². The number of nitrogens with zero attached hydrogens (tertiary/aromatic N) is 1. The number of furan rings is 1. The monoisotopic (exact) mass is 302 g/mol. The van der Waals surface area contributed by atoms with Gasteiger partial charge in [-0.2, -0.15) is 4.31 Å². The van der Waals surface area contributed by atoms with Crippen LogP contribution in [0.3, 0.4) is 0 Å². The van der Waals surface area contributed by atoms with Crippen molar-refractivity contribution in [1.29, 1.82) is 0 Å². The van der Waals surface area contributed by atoms with Crippen LogP contribution in [0, 0.1) is 13.8 Å². The van der Waals surface area contributed by atoms with Crippen LogP contribution >= 0.6 is 0 Å². The van der Waals surface area contributed by atoms with E-state index in [4.69, 9.17) is 4.42 Å². The highest BCUT2D eigenvalue weighted by Crippen LogP contribution is 2.29. The summed E-state index contributed by atoms with van der Waals surface area (Å²) in [7, 11) is -1.91. The molecule has 20 heavy (non-hydrogen) atoms. The van der Waals surface area contributed by atoms with Crippen molar-refractivity contribution in [3.05, 3.63) is 17.1 Å². The van der Waals surface area contributed by atoms with Crippen molar-refractivity contribution in [2.75, 3.05) is 13.6 Å². The summed E-state index contributed by atoms with van der Waals surface area (Å²) in [4.78, 5) is 0.315. The molecule has 0 spiro atoms. The van der Waals surface area contributed by atoms with Gasteiger partial charge in [-0.15, -0.1) is 0 Å². The Morgan fingerprint density at radius 2 is 1.85 bits per heavy atom. The summed E-state index contributed by atoms with van der Waals surface area (Å²) in [6.07, 6.45) is 1.00. The van der Waals surface area contributed by atoms with Crippen molar-refractivity contribution in [2.45, 2.75) is 58.5 Å². The molecule has 1 rings (SSSR count). The van der Waals surface area contributed by atoms with Crippen molar-refractivity contribution in [1.82, 2.24) is 9.62 Å². The number of hydrogen-bond acceptors (Lipinski definition) is 4. The molecule has 0 saturated heterocycles. The van der Waals surface area contributed by atoms with Gasteiger partial charge in [0.05, 0.1) is 0 Å². The van der Waals surface area contributed by atoms with E-state index in [1.54, 1.807) is 14.0 Å². The molecule has 5 nitrogen and oxygen atoms in total. The maximum Gasteiger partial charge on any atom is 0.246 e. The number of sulfonamides is 1. The molecule has 0 unspecified atom stereocenters. The minimum atomic E-state index is -3.52. The van der Waals surface area contributed by atoms with E-state index in [1.807, 2.05) is 20.8 Å². The topological polar surface area (TPSA) is 62.6 Å². The Bertz CT molecular complexity index is 547. The van der Waals surface area contributed by atoms with E-state index >= 15 is 0 Å². The van der Waals surface area contributed by atoms with Crippen LogP contribution in [-0.4, -0.2) is 32.4 Å². The summed E-state index contributed by atoms with van der Waals surface area (Å²) < 4.78 is 32.3. The van der Waals surface area contributed by atoms with E-state index < -0.39 is 10.0 Å². The fraction of sp³-hybridized carbons (Fsp3) is 0.714. The standard InChI is InChI=1S/C14H26N2O3S/c1-7-8-15-9-13-11(4)19-12(5)14(13)20(17,18)16(6)10(2)3/h10,15H,7-9H2,1-6H3. The Balaban J connectivity index is 3.23. The molecule has 116 valence electrons. The zero-order valence-electron chi connectivity index (χ0n) is 13.3. The molecule has 0 atom stereocenters. The minimum absolute atomic E-state index is 0.0916. The summed E-state index contributed by atoms with van der Waals surface area (Å²) in [5.74, 6) is 1.13. The molecular formula is C14H26N2O3S. The maximum absolute atomic E-state index is 12.7. The molecule has 0 fully saturated rings. The van der Waals surface area contributed by atoms with Crippen molar-refractivity contribution in [3.8, 4) is 0 Å². The van der Waals surface area contributed by atoms with Gasteiger partial charge in [0.25, 0.3) is 0 Å². The average Bonchev–Trinajstić information content (AvgIpc) is 2.63. The van der Waals surface area contributed by atoms with E-state index in [0.29, 0.717) is 23.0 Å². The average molecular weight is 302 g/mol. The molecule has 0 amide bonds. The van der Waals surface area contributed by atoms with Gasteiger partial charge in [0.1, 0.15) is 16.4 Å². The van der Waals surface area contributed by atoms with E-state index in [1.165, 1.54) is 4.31 Å². The molecule has 1 aromatic heterocycles. The Hall–Kier alpha value is -0.850. The van der Waals surface area contributed by atoms with Crippen LogP contribution in [0.25, 0.3) is 0 Å². The Labute approximate surface area is 122 Å². The lowest BCUT2D eigenvalue weighted by Crippen LogP contribution is -2.34. The summed E-state index contributed by atoms with van der Waals surface area (Å²) in [5.41, 5.74) is 0.739. The van der Waals surface area contributed by atoms with Gasteiger partial charge in [-0.3, -0.25) is 0 Å². The van der Waals surface area contributed by atoms with E-state index in [9.17, 15) is 8.42 Å². The Morgan fingerprint density at radius 3 is 2.35 bits per heavy atom. The maximum atomic E-state index is 12.7. The van der Waals surface area contributed by atoms with Crippen LogP contribution in [0.1, 0.15) is 44.3 Å². The fourth-order valence-electron chi connectivity index (χ4n) is 2.06. The van der Waals surface area contributed by atoms with Crippen molar-refractivity contribution >= 4 is 10.0 Å². The van der Waals surface area contributed by atoms with Crippen LogP contribution in [0.5, 0.6) is 0 Å². The van der Waals surface area contributed by atoms with Crippen LogP contribution in [0.15, 0.2) is 9.31 Å². The molecule has 0 bridgehead atoms. The third-order valence-corrected chi connectivity index (χ3v) is 5.65. The first-order valence-corrected chi connectivity index (χ1v) is 8.45. The van der Waals surface area contributed by atoms with Crippen molar-refractivity contribution in [3.63, 3.8) is 0 Å². The summed E-state index contributed by atoms with van der Waals surface area (Å²) in [6, 6.07) is -0.0916. The van der Waals surface area contributed by atoms with Gasteiger partial charge in [0, 0.05) is 25.2 Å². The van der Waals surface area contributed by atoms with E-state index in [0.717, 1.165) is 18.5 Å². The SMILES string of the molecule is CCCNCc1c(C)oc(C)c1S(=O)(=O)N(C)C(C)C. The highest BCUT2D eigenvalue weighted by atomic mass is 32.2. The second-order valence-corrected chi connectivity index (χ2v) is 7.25. The fourth-order valence-corrected chi connectivity index (χ4v) is 3.84. The predicted octanol–water partition coefficient (Wildman–Crippen LogP) is 2.42. The lowest BCUT2D eigenvalue weighted by atomic mass is 10.2. The normalized spacial score (nSPS) is 12.6. The molecule has 1 aromatic rings. The first kappa shape index (κ1) is 17.2. The first-order chi connectivity index (χ1) is 9.23. The van der Waals surface area contributed by atoms with Crippen LogP contribution in [0.4, 0.5) is 0 Å². The lowest BCUT2D eigenvalue weighted by Gasteiger charge is -2.21. The van der Waals surface area contributed by atoms with Crippen LogP contribution in [-0.2, 0) is 16.6 Å². The van der Waals surface area contributed by atoms with Crippen molar-refractivity contribution in [2.24, 2.45) is 0 Å². The highest BCUT2D eigenvalue weighted by molar-refractivity contribution is 7.89. The van der Waals surface area contributed by atoms with Gasteiger partial charge in [-0.05, 0) is 40.7 Å². The zero-order valence-corrected chi connectivity index (χ0v) is 14.1. The third-order valence-electron chi connectivity index (χ3n) is 3.42. The molecular weight excluding hydrogens is 276 g/mol. The predicted molar refractivity (Wildman–Crippen MR) is 80.3 cm³/mol. The largest absolute Gasteiger partial charge is 0.465 e. The smallest absolute Gasteiger partial charge is 0.246 e. The van der Waals surface area contributed by atoms with Gasteiger partial charge in [-0.25, -0.2) is 8.42 Å². The molecule has 0 aromatic carbocycles. The number of aryl methyl sites for hydroxylation is 2. The Morgan fingerprint density at radius 1 is 1.25 bits per heavy atom. The van der Waals surface area contributed by atoms with Crippen molar-refractivity contribution < 1.29 is 12.8 Å². The molecule has 0 aliphatic rings. The Kier molecular flexibility index (Phi) is 5.79. The number of nitrogens with one attached hydrogen (secondary N) is 1.